The number of benzene rings is 2. The summed E-state index contributed by atoms with van der Waals surface area (Å²) in [4.78, 5) is 2.30. The molecule has 1 nitrogen and oxygen atoms in total. The van der Waals surface area contributed by atoms with Gasteiger partial charge in [0.05, 0.1) is 0 Å². The molecular weight excluding hydrogens is 218 g/mol. The van der Waals surface area contributed by atoms with Gasteiger partial charge in [0.25, 0.3) is 0 Å². The maximum atomic E-state index is 4.26. The van der Waals surface area contributed by atoms with Crippen LogP contribution in [0.3, 0.4) is 0 Å². The van der Waals surface area contributed by atoms with Gasteiger partial charge in [0.15, 0.2) is 0 Å². The molecule has 0 bridgehead atoms. The third-order valence-electron chi connectivity index (χ3n) is 3.63. The zero-order valence-electron chi connectivity index (χ0n) is 10.7. The van der Waals surface area contributed by atoms with E-state index in [-0.39, 0.29) is 0 Å². The Bertz CT molecular complexity index is 598. The number of fused-ring (bicyclic) bond motifs is 2. The first-order chi connectivity index (χ1) is 8.75. The molecule has 0 fully saturated rings. The summed E-state index contributed by atoms with van der Waals surface area (Å²) in [5.74, 6) is 0. The highest BCUT2D eigenvalue weighted by Crippen LogP contribution is 2.32. The molecule has 0 amide bonds. The van der Waals surface area contributed by atoms with Crippen molar-refractivity contribution in [1.29, 1.82) is 0 Å². The third-order valence-corrected chi connectivity index (χ3v) is 3.63. The number of nitrogens with zero attached hydrogens (tertiary/aromatic N) is 1. The topological polar surface area (TPSA) is 3.24 Å². The summed E-state index contributed by atoms with van der Waals surface area (Å²) in [5.41, 5.74) is 6.54. The molecule has 18 heavy (non-hydrogen) atoms. The number of hydrogen-bond donors (Lipinski definition) is 0. The molecule has 0 aliphatic carbocycles. The molecule has 1 aliphatic heterocycles. The van der Waals surface area contributed by atoms with Crippen LogP contribution in [-0.2, 0) is 13.0 Å². The van der Waals surface area contributed by atoms with Gasteiger partial charge in [0.1, 0.15) is 0 Å². The van der Waals surface area contributed by atoms with Gasteiger partial charge in [-0.05, 0) is 29.2 Å². The van der Waals surface area contributed by atoms with Crippen molar-refractivity contribution >= 4 is 11.3 Å². The van der Waals surface area contributed by atoms with Crippen molar-refractivity contribution in [1.82, 2.24) is 0 Å². The molecule has 0 unspecified atom stereocenters. The monoisotopic (exact) mass is 235 g/mol. The number of hydrogen-bond acceptors (Lipinski definition) is 1. The molecule has 90 valence electrons. The average molecular weight is 235 g/mol. The largest absolute Gasteiger partial charge is 0.370 e. The van der Waals surface area contributed by atoms with Gasteiger partial charge in [-0.1, -0.05) is 49.0 Å². The quantitative estimate of drug-likeness (QED) is 0.669. The Morgan fingerprint density at radius 1 is 0.944 bits per heavy atom. The lowest BCUT2D eigenvalue weighted by atomic mass is 9.92. The van der Waals surface area contributed by atoms with Crippen molar-refractivity contribution < 1.29 is 0 Å². The van der Waals surface area contributed by atoms with E-state index in [1.54, 1.807) is 0 Å². The second kappa shape index (κ2) is 4.34. The number of anilines is 1. The second-order valence-electron chi connectivity index (χ2n) is 4.92. The Morgan fingerprint density at radius 2 is 1.61 bits per heavy atom. The van der Waals surface area contributed by atoms with Gasteiger partial charge in [-0.2, -0.15) is 0 Å². The van der Waals surface area contributed by atoms with Crippen LogP contribution in [0.4, 0.5) is 5.69 Å². The van der Waals surface area contributed by atoms with E-state index in [1.165, 1.54) is 28.0 Å². The highest BCUT2D eigenvalue weighted by Gasteiger charge is 2.16. The zero-order valence-corrected chi connectivity index (χ0v) is 10.7. The highest BCUT2D eigenvalue weighted by atomic mass is 15.1. The number of allylic oxidation sites excluding steroid dienone is 1. The highest BCUT2D eigenvalue weighted by molar-refractivity contribution is 5.78. The molecule has 0 spiro atoms. The van der Waals surface area contributed by atoms with Gasteiger partial charge in [0, 0.05) is 24.8 Å². The minimum absolute atomic E-state index is 0.945. The Morgan fingerprint density at radius 3 is 2.44 bits per heavy atom. The summed E-state index contributed by atoms with van der Waals surface area (Å²) in [5, 5.41) is 0. The third kappa shape index (κ3) is 1.82. The van der Waals surface area contributed by atoms with Gasteiger partial charge in [-0.3, -0.25) is 0 Å². The van der Waals surface area contributed by atoms with E-state index in [4.69, 9.17) is 0 Å². The van der Waals surface area contributed by atoms with Crippen molar-refractivity contribution in [3.63, 3.8) is 0 Å². The van der Waals surface area contributed by atoms with E-state index in [9.17, 15) is 0 Å². The Balaban J connectivity index is 2.13. The second-order valence-corrected chi connectivity index (χ2v) is 4.92. The molecule has 0 atom stereocenters. The van der Waals surface area contributed by atoms with Crippen LogP contribution in [0, 0.1) is 0 Å². The number of rotatable bonds is 0. The van der Waals surface area contributed by atoms with E-state index in [1.807, 2.05) is 0 Å². The van der Waals surface area contributed by atoms with Crippen molar-refractivity contribution in [3.8, 4) is 0 Å². The lowest BCUT2D eigenvalue weighted by molar-refractivity contribution is 0.898. The predicted molar refractivity (Wildman–Crippen MR) is 77.7 cm³/mol. The smallest absolute Gasteiger partial charge is 0.0442 e. The van der Waals surface area contributed by atoms with Gasteiger partial charge < -0.3 is 4.90 Å². The van der Waals surface area contributed by atoms with Gasteiger partial charge in [0.2, 0.25) is 0 Å². The van der Waals surface area contributed by atoms with Gasteiger partial charge >= 0.3 is 0 Å². The fourth-order valence-electron chi connectivity index (χ4n) is 2.66. The summed E-state index contributed by atoms with van der Waals surface area (Å²) in [6, 6.07) is 17.2. The summed E-state index contributed by atoms with van der Waals surface area (Å²) in [7, 11) is 2.15. The average Bonchev–Trinajstić information content (AvgIpc) is 2.39. The normalized spacial score (nSPS) is 14.5. The maximum Gasteiger partial charge on any atom is 0.0442 e. The van der Waals surface area contributed by atoms with Crippen LogP contribution in [0.2, 0.25) is 0 Å². The molecule has 2 aromatic rings. The van der Waals surface area contributed by atoms with E-state index in [0.717, 1.165) is 13.0 Å². The van der Waals surface area contributed by atoms with Crippen LogP contribution >= 0.6 is 0 Å². The molecule has 1 heteroatoms. The molecule has 0 saturated heterocycles. The van der Waals surface area contributed by atoms with Crippen molar-refractivity contribution in [2.24, 2.45) is 0 Å². The first-order valence-electron chi connectivity index (χ1n) is 6.31. The van der Waals surface area contributed by atoms with Crippen LogP contribution in [-0.4, -0.2) is 7.05 Å². The van der Waals surface area contributed by atoms with E-state index < -0.39 is 0 Å². The lowest BCUT2D eigenvalue weighted by Gasteiger charge is -2.27. The molecule has 1 aliphatic rings. The van der Waals surface area contributed by atoms with E-state index in [2.05, 4.69) is 67.1 Å². The molecule has 2 aromatic carbocycles. The van der Waals surface area contributed by atoms with Gasteiger partial charge in [-0.25, -0.2) is 0 Å². The standard InChI is InChI=1S/C17H17N/c1-13-11-14-7-3-4-8-15(14)12-18(2)17-10-6-5-9-16(13)17/h3-10H,1,11-12H2,2H3. The molecule has 0 saturated carbocycles. The van der Waals surface area contributed by atoms with Crippen LogP contribution in [0.15, 0.2) is 55.1 Å². The first kappa shape index (κ1) is 11.1. The molecule has 0 aromatic heterocycles. The van der Waals surface area contributed by atoms with Crippen molar-refractivity contribution in [3.05, 3.63) is 71.8 Å². The fraction of sp³-hybridized carbons (Fsp3) is 0.176. The molecule has 0 N–H and O–H groups in total. The molecule has 3 rings (SSSR count). The maximum absolute atomic E-state index is 4.26. The Hall–Kier alpha value is -2.02. The van der Waals surface area contributed by atoms with Gasteiger partial charge in [-0.15, -0.1) is 0 Å². The first-order valence-corrected chi connectivity index (χ1v) is 6.31. The van der Waals surface area contributed by atoms with Crippen LogP contribution in [0.25, 0.3) is 5.57 Å². The van der Waals surface area contributed by atoms with Crippen LogP contribution in [0.5, 0.6) is 0 Å². The lowest BCUT2D eigenvalue weighted by Crippen LogP contribution is -2.20. The minimum atomic E-state index is 0.945. The summed E-state index contributed by atoms with van der Waals surface area (Å²) in [6.45, 7) is 5.22. The Kier molecular flexibility index (Phi) is 2.67. The fourth-order valence-corrected chi connectivity index (χ4v) is 2.66. The molecule has 1 heterocycles. The SMILES string of the molecule is C=C1Cc2ccccc2CN(C)c2ccccc21. The van der Waals surface area contributed by atoms with Crippen molar-refractivity contribution in [2.75, 3.05) is 11.9 Å². The van der Waals surface area contributed by atoms with Crippen LogP contribution < -0.4 is 4.90 Å². The van der Waals surface area contributed by atoms with E-state index in [0.29, 0.717) is 0 Å². The molecule has 0 radical (unpaired) electrons. The van der Waals surface area contributed by atoms with Crippen molar-refractivity contribution in [2.45, 2.75) is 13.0 Å². The summed E-state index contributed by atoms with van der Waals surface area (Å²) in [6.07, 6.45) is 0.945. The summed E-state index contributed by atoms with van der Waals surface area (Å²) >= 11 is 0. The van der Waals surface area contributed by atoms with E-state index >= 15 is 0 Å². The minimum Gasteiger partial charge on any atom is -0.370 e. The summed E-state index contributed by atoms with van der Waals surface area (Å²) < 4.78 is 0. The Labute approximate surface area is 108 Å². The predicted octanol–water partition coefficient (Wildman–Crippen LogP) is 3.89. The number of para-hydroxylation sites is 1. The molecular formula is C17H17N. The zero-order chi connectivity index (χ0) is 12.5. The van der Waals surface area contributed by atoms with Crippen LogP contribution in [0.1, 0.15) is 16.7 Å².